The summed E-state index contributed by atoms with van der Waals surface area (Å²) in [5, 5.41) is 0. The second-order valence-corrected chi connectivity index (χ2v) is 9.36. The first-order valence-electron chi connectivity index (χ1n) is 13.7. The van der Waals surface area contributed by atoms with Crippen LogP contribution in [0.3, 0.4) is 0 Å². The first-order valence-corrected chi connectivity index (χ1v) is 13.7. The second kappa shape index (κ2) is 16.8. The van der Waals surface area contributed by atoms with E-state index in [1.165, 1.54) is 50.2 Å². The molecule has 0 saturated carbocycles. The number of carbonyl (C=O) groups excluding carboxylic acids is 1. The Morgan fingerprint density at radius 1 is 0.778 bits per heavy atom. The monoisotopic (exact) mass is 494 g/mol. The van der Waals surface area contributed by atoms with Crippen molar-refractivity contribution in [2.24, 2.45) is 0 Å². The zero-order valence-electron chi connectivity index (χ0n) is 21.6. The minimum absolute atomic E-state index is 0.112. The van der Waals surface area contributed by atoms with Crippen molar-refractivity contribution in [3.63, 3.8) is 0 Å². The summed E-state index contributed by atoms with van der Waals surface area (Å²) in [7, 11) is 0. The zero-order chi connectivity index (χ0) is 25.3. The topological polar surface area (TPSA) is 54.0 Å². The molecule has 1 aliphatic rings. The quantitative estimate of drug-likeness (QED) is 0.127. The lowest BCUT2D eigenvalue weighted by Gasteiger charge is -2.23. The lowest BCUT2D eigenvalue weighted by Crippen LogP contribution is -2.24. The van der Waals surface area contributed by atoms with Gasteiger partial charge in [-0.1, -0.05) is 75.8 Å². The number of rotatable bonds is 17. The highest BCUT2D eigenvalue weighted by Gasteiger charge is 2.15. The van der Waals surface area contributed by atoms with E-state index < -0.39 is 0 Å². The third kappa shape index (κ3) is 10.9. The number of ether oxygens (including phenoxy) is 4. The summed E-state index contributed by atoms with van der Waals surface area (Å²) < 4.78 is 22.5. The van der Waals surface area contributed by atoms with Crippen molar-refractivity contribution in [1.82, 2.24) is 0 Å². The number of hydrogen-bond acceptors (Lipinski definition) is 5. The van der Waals surface area contributed by atoms with E-state index in [2.05, 4.69) is 30.8 Å². The maximum atomic E-state index is 10.9. The minimum Gasteiger partial charge on any atom is -0.494 e. The van der Waals surface area contributed by atoms with E-state index >= 15 is 0 Å². The molecule has 0 N–H and O–H groups in total. The number of carbonyl (C=O) groups is 1. The fourth-order valence-electron chi connectivity index (χ4n) is 4.29. The van der Waals surface area contributed by atoms with Crippen LogP contribution >= 0.6 is 0 Å². The summed E-state index contributed by atoms with van der Waals surface area (Å²) in [6, 6.07) is 16.5. The third-order valence-corrected chi connectivity index (χ3v) is 6.42. The Balaban J connectivity index is 1.21. The molecular formula is C31H42O5. The molecule has 0 amide bonds. The Morgan fingerprint density at radius 3 is 1.89 bits per heavy atom. The van der Waals surface area contributed by atoms with Gasteiger partial charge in [0.25, 0.3) is 0 Å². The lowest BCUT2D eigenvalue weighted by atomic mass is 10.1. The number of esters is 1. The Hall–Kier alpha value is -2.79. The van der Waals surface area contributed by atoms with Gasteiger partial charge in [0, 0.05) is 12.5 Å². The maximum absolute atomic E-state index is 10.9. The van der Waals surface area contributed by atoms with E-state index in [0.29, 0.717) is 6.61 Å². The molecule has 0 aliphatic carbocycles. The van der Waals surface area contributed by atoms with Gasteiger partial charge >= 0.3 is 5.97 Å². The van der Waals surface area contributed by atoms with Gasteiger partial charge in [-0.25, -0.2) is 4.79 Å². The van der Waals surface area contributed by atoms with Crippen LogP contribution in [-0.2, 0) is 14.3 Å². The summed E-state index contributed by atoms with van der Waals surface area (Å²) in [6.07, 6.45) is 15.0. The predicted octanol–water partition coefficient (Wildman–Crippen LogP) is 7.88. The van der Waals surface area contributed by atoms with Crippen molar-refractivity contribution < 1.29 is 23.7 Å². The molecule has 5 nitrogen and oxygen atoms in total. The summed E-state index contributed by atoms with van der Waals surface area (Å²) in [4.78, 5) is 10.9. The normalized spacial score (nSPS) is 15.3. The molecule has 3 rings (SSSR count). The Morgan fingerprint density at radius 2 is 1.33 bits per heavy atom. The van der Waals surface area contributed by atoms with Crippen LogP contribution in [0.1, 0.15) is 77.0 Å². The van der Waals surface area contributed by atoms with Crippen LogP contribution in [0, 0.1) is 0 Å². The highest BCUT2D eigenvalue weighted by molar-refractivity contribution is 5.81. The van der Waals surface area contributed by atoms with Crippen LogP contribution in [0.5, 0.6) is 11.5 Å². The summed E-state index contributed by atoms with van der Waals surface area (Å²) >= 11 is 0. The van der Waals surface area contributed by atoms with E-state index in [1.807, 2.05) is 24.3 Å². The van der Waals surface area contributed by atoms with Crippen molar-refractivity contribution in [2.45, 2.75) is 83.3 Å². The molecule has 5 heteroatoms. The summed E-state index contributed by atoms with van der Waals surface area (Å²) in [5.41, 5.74) is 2.33. The van der Waals surface area contributed by atoms with Gasteiger partial charge in [0.15, 0.2) is 6.29 Å². The molecular weight excluding hydrogens is 452 g/mol. The summed E-state index contributed by atoms with van der Waals surface area (Å²) in [6.45, 7) is 5.45. The fourth-order valence-corrected chi connectivity index (χ4v) is 4.29. The van der Waals surface area contributed by atoms with E-state index in [-0.39, 0.29) is 12.3 Å². The maximum Gasteiger partial charge on any atom is 0.330 e. The molecule has 1 aliphatic heterocycles. The van der Waals surface area contributed by atoms with Gasteiger partial charge in [0.2, 0.25) is 0 Å². The molecule has 1 fully saturated rings. The van der Waals surface area contributed by atoms with E-state index in [1.54, 1.807) is 0 Å². The summed E-state index contributed by atoms with van der Waals surface area (Å²) in [5.74, 6) is 1.45. The van der Waals surface area contributed by atoms with E-state index in [9.17, 15) is 4.79 Å². The molecule has 0 radical (unpaired) electrons. The van der Waals surface area contributed by atoms with Gasteiger partial charge in [-0.15, -0.1) is 0 Å². The molecule has 0 bridgehead atoms. The van der Waals surface area contributed by atoms with Crippen LogP contribution in [-0.4, -0.2) is 32.1 Å². The average Bonchev–Trinajstić information content (AvgIpc) is 2.92. The molecule has 0 aromatic heterocycles. The second-order valence-electron chi connectivity index (χ2n) is 9.36. The molecule has 1 unspecified atom stereocenters. The first kappa shape index (κ1) is 27.8. The third-order valence-electron chi connectivity index (χ3n) is 6.42. The van der Waals surface area contributed by atoms with Gasteiger partial charge < -0.3 is 18.9 Å². The molecule has 2 aromatic rings. The van der Waals surface area contributed by atoms with Crippen molar-refractivity contribution in [3.05, 3.63) is 61.2 Å². The van der Waals surface area contributed by atoms with Gasteiger partial charge in [0.05, 0.1) is 19.8 Å². The fraction of sp³-hybridized carbons (Fsp3) is 0.516. The van der Waals surface area contributed by atoms with Crippen LogP contribution in [0.25, 0.3) is 11.1 Å². The van der Waals surface area contributed by atoms with Gasteiger partial charge in [-0.05, 0) is 61.1 Å². The van der Waals surface area contributed by atoms with Gasteiger partial charge in [-0.2, -0.15) is 0 Å². The largest absolute Gasteiger partial charge is 0.494 e. The molecule has 1 heterocycles. The highest BCUT2D eigenvalue weighted by Crippen LogP contribution is 2.26. The first-order chi connectivity index (χ1) is 17.7. The smallest absolute Gasteiger partial charge is 0.330 e. The van der Waals surface area contributed by atoms with Crippen LogP contribution in [0.15, 0.2) is 61.2 Å². The van der Waals surface area contributed by atoms with Gasteiger partial charge in [0.1, 0.15) is 11.5 Å². The Kier molecular flexibility index (Phi) is 13.0. The van der Waals surface area contributed by atoms with Gasteiger partial charge in [-0.3, -0.25) is 0 Å². The molecule has 36 heavy (non-hydrogen) atoms. The number of benzene rings is 2. The highest BCUT2D eigenvalue weighted by atomic mass is 16.7. The zero-order valence-corrected chi connectivity index (χ0v) is 21.6. The van der Waals surface area contributed by atoms with Crippen molar-refractivity contribution in [3.8, 4) is 22.6 Å². The number of unbranched alkanes of at least 4 members (excludes halogenated alkanes) is 8. The molecule has 2 aromatic carbocycles. The van der Waals surface area contributed by atoms with Crippen molar-refractivity contribution in [1.29, 1.82) is 0 Å². The Bertz CT molecular complexity index is 869. The van der Waals surface area contributed by atoms with Crippen molar-refractivity contribution in [2.75, 3.05) is 19.8 Å². The average molecular weight is 495 g/mol. The van der Waals surface area contributed by atoms with E-state index in [0.717, 1.165) is 68.8 Å². The molecule has 0 spiro atoms. The molecule has 1 saturated heterocycles. The number of hydrogen-bond donors (Lipinski definition) is 0. The Labute approximate surface area is 216 Å². The molecule has 196 valence electrons. The minimum atomic E-state index is -0.325. The SMILES string of the molecule is C=CC(=O)OCCCCCCCCCCCOc1ccc(-c2ccc(OC3CCCCO3)cc2)cc1. The van der Waals surface area contributed by atoms with E-state index in [4.69, 9.17) is 18.9 Å². The van der Waals surface area contributed by atoms with Crippen molar-refractivity contribution >= 4 is 5.97 Å². The van der Waals surface area contributed by atoms with Crippen LogP contribution in [0.2, 0.25) is 0 Å². The standard InChI is InChI=1S/C31H42O5/c1-2-30(32)34-24-12-9-7-5-3-4-6-8-11-23-33-28-19-15-26(16-20-28)27-17-21-29(22-18-27)36-31-14-10-13-25-35-31/h2,15-22,31H,1,3-14,23-25H2. The lowest BCUT2D eigenvalue weighted by molar-refractivity contribution is -0.137. The van der Waals surface area contributed by atoms with Crippen LogP contribution < -0.4 is 9.47 Å². The predicted molar refractivity (Wildman–Crippen MR) is 144 cm³/mol. The van der Waals surface area contributed by atoms with Crippen LogP contribution in [0.4, 0.5) is 0 Å². The molecule has 1 atom stereocenters.